The number of halogens is 1. The maximum Gasteiger partial charge on any atom is 0.320 e. The van der Waals surface area contributed by atoms with Crippen LogP contribution in [0.1, 0.15) is 16.1 Å². The van der Waals surface area contributed by atoms with Crippen molar-refractivity contribution in [3.8, 4) is 0 Å². The average Bonchev–Trinajstić information content (AvgIpc) is 3.14. The fraction of sp³-hybridized carbons (Fsp3) is 0.143. The molecule has 0 radical (unpaired) electrons. The van der Waals surface area contributed by atoms with Crippen molar-refractivity contribution >= 4 is 17.5 Å². The Morgan fingerprint density at radius 1 is 1.40 bits per heavy atom. The van der Waals surface area contributed by atoms with E-state index in [0.29, 0.717) is 5.56 Å². The maximum atomic E-state index is 13.2. The van der Waals surface area contributed by atoms with E-state index in [-0.39, 0.29) is 24.0 Å². The molecule has 0 aliphatic rings. The molecule has 0 aliphatic carbocycles. The van der Waals surface area contributed by atoms with Crippen LogP contribution in [0.2, 0.25) is 0 Å². The van der Waals surface area contributed by atoms with Gasteiger partial charge in [0.25, 0.3) is 5.91 Å². The van der Waals surface area contributed by atoms with Gasteiger partial charge < -0.3 is 0 Å². The van der Waals surface area contributed by atoms with Crippen LogP contribution in [0.4, 0.5) is 16.0 Å². The lowest BCUT2D eigenvalue weighted by atomic mass is 10.2. The standard InChI is InChI=1S/C14H12FN7O3/c1-20-7-11(22(24)25)12(18-20)13(23)17-14-16-8-21(19-14)6-9-3-2-4-10(15)5-9/h2-5,7-8H,6H2,1H3,(H,17,19,23). The van der Waals surface area contributed by atoms with Gasteiger partial charge in [-0.25, -0.2) is 14.1 Å². The molecule has 1 amide bonds. The molecule has 1 N–H and O–H groups in total. The fourth-order valence-electron chi connectivity index (χ4n) is 2.18. The van der Waals surface area contributed by atoms with Gasteiger partial charge in [-0.05, 0) is 17.7 Å². The summed E-state index contributed by atoms with van der Waals surface area (Å²) in [5.41, 5.74) is -0.0867. The molecule has 0 aliphatic heterocycles. The van der Waals surface area contributed by atoms with Gasteiger partial charge in [0.1, 0.15) is 18.3 Å². The molecule has 0 atom stereocenters. The Labute approximate surface area is 140 Å². The Bertz CT molecular complexity index is 950. The number of carbonyl (C=O) groups is 1. The topological polar surface area (TPSA) is 121 Å². The van der Waals surface area contributed by atoms with E-state index in [2.05, 4.69) is 20.5 Å². The molecule has 2 aromatic heterocycles. The molecule has 0 spiro atoms. The second-order valence-electron chi connectivity index (χ2n) is 5.14. The predicted octanol–water partition coefficient (Wildman–Crippen LogP) is 1.36. The van der Waals surface area contributed by atoms with Crippen LogP contribution in [0.25, 0.3) is 0 Å². The van der Waals surface area contributed by atoms with Crippen LogP contribution in [0, 0.1) is 15.9 Å². The van der Waals surface area contributed by atoms with Crippen molar-refractivity contribution in [1.82, 2.24) is 24.5 Å². The summed E-state index contributed by atoms with van der Waals surface area (Å²) in [4.78, 5) is 26.3. The summed E-state index contributed by atoms with van der Waals surface area (Å²) >= 11 is 0. The summed E-state index contributed by atoms with van der Waals surface area (Å²) in [6.07, 6.45) is 2.48. The summed E-state index contributed by atoms with van der Waals surface area (Å²) in [6.45, 7) is 0.254. The quantitative estimate of drug-likeness (QED) is 0.550. The van der Waals surface area contributed by atoms with E-state index in [0.717, 1.165) is 6.20 Å². The number of anilines is 1. The number of hydrogen-bond donors (Lipinski definition) is 1. The van der Waals surface area contributed by atoms with Crippen LogP contribution in [0.5, 0.6) is 0 Å². The first-order valence-corrected chi connectivity index (χ1v) is 7.05. The summed E-state index contributed by atoms with van der Waals surface area (Å²) in [6, 6.07) is 5.98. The Morgan fingerprint density at radius 2 is 2.20 bits per heavy atom. The first-order valence-electron chi connectivity index (χ1n) is 7.05. The van der Waals surface area contributed by atoms with Crippen molar-refractivity contribution in [2.24, 2.45) is 7.05 Å². The minimum absolute atomic E-state index is 0.0404. The largest absolute Gasteiger partial charge is 0.320 e. The molecule has 25 heavy (non-hydrogen) atoms. The zero-order chi connectivity index (χ0) is 18.0. The van der Waals surface area contributed by atoms with Crippen LogP contribution in [-0.4, -0.2) is 35.4 Å². The maximum absolute atomic E-state index is 13.2. The molecule has 0 saturated heterocycles. The van der Waals surface area contributed by atoms with Gasteiger partial charge in [0.15, 0.2) is 0 Å². The highest BCUT2D eigenvalue weighted by atomic mass is 19.1. The number of aryl methyl sites for hydroxylation is 1. The SMILES string of the molecule is Cn1cc([N+](=O)[O-])c(C(=O)Nc2ncn(Cc3cccc(F)c3)n2)n1. The summed E-state index contributed by atoms with van der Waals surface area (Å²) < 4.78 is 15.7. The van der Waals surface area contributed by atoms with E-state index >= 15 is 0 Å². The third-order valence-corrected chi connectivity index (χ3v) is 3.22. The molecule has 3 rings (SSSR count). The van der Waals surface area contributed by atoms with Gasteiger partial charge >= 0.3 is 5.69 Å². The van der Waals surface area contributed by atoms with Gasteiger partial charge in [-0.15, -0.1) is 5.10 Å². The van der Waals surface area contributed by atoms with Crippen molar-refractivity contribution in [2.45, 2.75) is 6.54 Å². The molecular formula is C14H12FN7O3. The minimum Gasteiger partial charge on any atom is -0.287 e. The predicted molar refractivity (Wildman–Crippen MR) is 83.3 cm³/mol. The van der Waals surface area contributed by atoms with E-state index < -0.39 is 16.5 Å². The Hall–Kier alpha value is -3.63. The zero-order valence-corrected chi connectivity index (χ0v) is 13.0. The number of hydrogen-bond acceptors (Lipinski definition) is 6. The third-order valence-electron chi connectivity index (χ3n) is 3.22. The number of nitrogens with one attached hydrogen (secondary N) is 1. The zero-order valence-electron chi connectivity index (χ0n) is 13.0. The highest BCUT2D eigenvalue weighted by Gasteiger charge is 2.25. The van der Waals surface area contributed by atoms with Crippen molar-refractivity contribution in [3.63, 3.8) is 0 Å². The van der Waals surface area contributed by atoms with Crippen molar-refractivity contribution in [1.29, 1.82) is 0 Å². The molecule has 2 heterocycles. The first-order chi connectivity index (χ1) is 11.9. The Morgan fingerprint density at radius 3 is 2.92 bits per heavy atom. The molecule has 3 aromatic rings. The van der Waals surface area contributed by atoms with E-state index in [1.165, 1.54) is 34.9 Å². The van der Waals surface area contributed by atoms with E-state index in [4.69, 9.17) is 0 Å². The summed E-state index contributed by atoms with van der Waals surface area (Å²) in [7, 11) is 1.47. The van der Waals surface area contributed by atoms with Crippen LogP contribution in [0.15, 0.2) is 36.8 Å². The van der Waals surface area contributed by atoms with Gasteiger partial charge in [0, 0.05) is 7.05 Å². The van der Waals surface area contributed by atoms with Crippen LogP contribution < -0.4 is 5.32 Å². The second-order valence-corrected chi connectivity index (χ2v) is 5.14. The second kappa shape index (κ2) is 6.47. The smallest absolute Gasteiger partial charge is 0.287 e. The molecule has 128 valence electrons. The normalized spacial score (nSPS) is 10.6. The van der Waals surface area contributed by atoms with Crippen molar-refractivity contribution < 1.29 is 14.1 Å². The average molecular weight is 345 g/mol. The lowest BCUT2D eigenvalue weighted by Crippen LogP contribution is -2.16. The lowest BCUT2D eigenvalue weighted by molar-refractivity contribution is -0.385. The van der Waals surface area contributed by atoms with E-state index in [1.807, 2.05) is 0 Å². The number of aromatic nitrogens is 5. The van der Waals surface area contributed by atoms with E-state index in [1.54, 1.807) is 12.1 Å². The van der Waals surface area contributed by atoms with E-state index in [9.17, 15) is 19.3 Å². The van der Waals surface area contributed by atoms with Crippen LogP contribution in [0.3, 0.4) is 0 Å². The molecular weight excluding hydrogens is 333 g/mol. The van der Waals surface area contributed by atoms with Crippen molar-refractivity contribution in [2.75, 3.05) is 5.32 Å². The monoisotopic (exact) mass is 345 g/mol. The van der Waals surface area contributed by atoms with Gasteiger partial charge in [-0.3, -0.25) is 24.9 Å². The van der Waals surface area contributed by atoms with Gasteiger partial charge in [0.05, 0.1) is 11.5 Å². The van der Waals surface area contributed by atoms with Gasteiger partial charge in [0.2, 0.25) is 11.6 Å². The number of carbonyl (C=O) groups excluding carboxylic acids is 1. The number of rotatable bonds is 5. The highest BCUT2D eigenvalue weighted by Crippen LogP contribution is 2.17. The molecule has 10 nitrogen and oxygen atoms in total. The molecule has 11 heteroatoms. The molecule has 0 saturated carbocycles. The lowest BCUT2D eigenvalue weighted by Gasteiger charge is -2.01. The summed E-state index contributed by atoms with van der Waals surface area (Å²) in [5, 5.41) is 21.1. The number of benzene rings is 1. The highest BCUT2D eigenvalue weighted by molar-refractivity contribution is 6.04. The van der Waals surface area contributed by atoms with Crippen LogP contribution in [-0.2, 0) is 13.6 Å². The molecule has 0 bridgehead atoms. The molecule has 0 fully saturated rings. The number of nitro groups is 1. The van der Waals surface area contributed by atoms with Gasteiger partial charge in [-0.2, -0.15) is 5.10 Å². The molecule has 1 aromatic carbocycles. The number of nitrogens with zero attached hydrogens (tertiary/aromatic N) is 6. The summed E-state index contributed by atoms with van der Waals surface area (Å²) in [5.74, 6) is -1.20. The van der Waals surface area contributed by atoms with Crippen LogP contribution >= 0.6 is 0 Å². The Balaban J connectivity index is 1.73. The minimum atomic E-state index is -0.796. The fourth-order valence-corrected chi connectivity index (χ4v) is 2.18. The Kier molecular flexibility index (Phi) is 4.20. The van der Waals surface area contributed by atoms with Gasteiger partial charge in [-0.1, -0.05) is 12.1 Å². The molecule has 0 unspecified atom stereocenters. The third kappa shape index (κ3) is 3.65. The number of amides is 1. The first kappa shape index (κ1) is 16.2. The van der Waals surface area contributed by atoms with Crippen molar-refractivity contribution in [3.05, 3.63) is 64.0 Å².